The predicted octanol–water partition coefficient (Wildman–Crippen LogP) is 0.547. The van der Waals surface area contributed by atoms with Gasteiger partial charge in [-0.05, 0) is 0 Å². The number of aryl methyl sites for hydroxylation is 1. The molecule has 0 amide bonds. The van der Waals surface area contributed by atoms with Crippen LogP contribution < -0.4 is 0 Å². The molecule has 0 aliphatic rings. The van der Waals surface area contributed by atoms with E-state index >= 15 is 0 Å². The lowest BCUT2D eigenvalue weighted by molar-refractivity contribution is -0.137. The molecule has 1 heterocycles. The molecule has 1 aromatic rings. The molecule has 0 spiro atoms. The summed E-state index contributed by atoms with van der Waals surface area (Å²) < 4.78 is 6.84. The molecule has 14 heavy (non-hydrogen) atoms. The van der Waals surface area contributed by atoms with E-state index in [1.54, 1.807) is 13.3 Å². The van der Waals surface area contributed by atoms with Crippen molar-refractivity contribution in [2.45, 2.75) is 19.4 Å². The van der Waals surface area contributed by atoms with E-state index in [1.165, 1.54) is 0 Å². The van der Waals surface area contributed by atoms with Crippen LogP contribution in [0.15, 0.2) is 12.4 Å². The smallest absolute Gasteiger partial charge is 0.303 e. The average Bonchev–Trinajstić information content (AvgIpc) is 2.58. The van der Waals surface area contributed by atoms with Gasteiger partial charge in [0.25, 0.3) is 0 Å². The van der Waals surface area contributed by atoms with Gasteiger partial charge in [0.1, 0.15) is 5.82 Å². The molecular formula is C9H14N2O3. The van der Waals surface area contributed by atoms with Gasteiger partial charge in [0, 0.05) is 32.5 Å². The zero-order valence-electron chi connectivity index (χ0n) is 8.14. The number of carbonyl (C=O) groups is 1. The summed E-state index contributed by atoms with van der Waals surface area (Å²) in [7, 11) is 1.63. The van der Waals surface area contributed by atoms with Crippen molar-refractivity contribution >= 4 is 5.97 Å². The SMILES string of the molecule is COCCn1ccnc1CCC(=O)O. The third-order valence-electron chi connectivity index (χ3n) is 1.90. The number of aliphatic carboxylic acids is 1. The number of hydrogen-bond donors (Lipinski definition) is 1. The Hall–Kier alpha value is -1.36. The van der Waals surface area contributed by atoms with Gasteiger partial charge in [-0.15, -0.1) is 0 Å². The third-order valence-corrected chi connectivity index (χ3v) is 1.90. The zero-order chi connectivity index (χ0) is 10.4. The van der Waals surface area contributed by atoms with Gasteiger partial charge in [-0.2, -0.15) is 0 Å². The molecule has 0 aliphatic carbocycles. The summed E-state index contributed by atoms with van der Waals surface area (Å²) in [6.07, 6.45) is 4.08. The summed E-state index contributed by atoms with van der Waals surface area (Å²) in [4.78, 5) is 14.4. The van der Waals surface area contributed by atoms with E-state index in [-0.39, 0.29) is 6.42 Å². The Kier molecular flexibility index (Phi) is 4.12. The molecule has 5 heteroatoms. The Balaban J connectivity index is 2.49. The van der Waals surface area contributed by atoms with Crippen LogP contribution in [0.4, 0.5) is 0 Å². The Labute approximate surface area is 82.3 Å². The molecule has 0 aromatic carbocycles. The van der Waals surface area contributed by atoms with Crippen molar-refractivity contribution in [2.75, 3.05) is 13.7 Å². The molecule has 1 N–H and O–H groups in total. The number of carboxylic acid groups (broad SMARTS) is 1. The van der Waals surface area contributed by atoms with Gasteiger partial charge >= 0.3 is 5.97 Å². The minimum absolute atomic E-state index is 0.115. The second-order valence-corrected chi connectivity index (χ2v) is 2.92. The molecule has 0 saturated carbocycles. The van der Waals surface area contributed by atoms with Crippen LogP contribution in [0.2, 0.25) is 0 Å². The highest BCUT2D eigenvalue weighted by Crippen LogP contribution is 2.01. The van der Waals surface area contributed by atoms with Crippen LogP contribution in [0, 0.1) is 0 Å². The second kappa shape index (κ2) is 5.39. The minimum atomic E-state index is -0.800. The number of methoxy groups -OCH3 is 1. The van der Waals surface area contributed by atoms with E-state index < -0.39 is 5.97 Å². The molecule has 78 valence electrons. The second-order valence-electron chi connectivity index (χ2n) is 2.92. The first-order valence-electron chi connectivity index (χ1n) is 4.44. The number of rotatable bonds is 6. The van der Waals surface area contributed by atoms with E-state index in [0.29, 0.717) is 19.6 Å². The van der Waals surface area contributed by atoms with E-state index in [9.17, 15) is 4.79 Å². The van der Waals surface area contributed by atoms with Gasteiger partial charge in [-0.25, -0.2) is 4.98 Å². The number of hydrogen-bond acceptors (Lipinski definition) is 3. The highest BCUT2D eigenvalue weighted by atomic mass is 16.5. The van der Waals surface area contributed by atoms with Crippen molar-refractivity contribution in [3.05, 3.63) is 18.2 Å². The van der Waals surface area contributed by atoms with Crippen LogP contribution in [0.5, 0.6) is 0 Å². The van der Waals surface area contributed by atoms with Gasteiger partial charge in [0.05, 0.1) is 13.0 Å². The summed E-state index contributed by atoms with van der Waals surface area (Å²) in [6.45, 7) is 1.32. The summed E-state index contributed by atoms with van der Waals surface area (Å²) in [5.74, 6) is -0.00394. The number of ether oxygens (including phenoxy) is 1. The van der Waals surface area contributed by atoms with Crippen LogP contribution in [0.25, 0.3) is 0 Å². The largest absolute Gasteiger partial charge is 0.481 e. The molecule has 0 bridgehead atoms. The highest BCUT2D eigenvalue weighted by Gasteiger charge is 2.04. The lowest BCUT2D eigenvalue weighted by atomic mass is 10.3. The van der Waals surface area contributed by atoms with Crippen molar-refractivity contribution in [1.29, 1.82) is 0 Å². The fourth-order valence-corrected chi connectivity index (χ4v) is 1.18. The molecule has 0 atom stereocenters. The topological polar surface area (TPSA) is 64.4 Å². The number of nitrogens with zero attached hydrogens (tertiary/aromatic N) is 2. The van der Waals surface area contributed by atoms with Crippen molar-refractivity contribution < 1.29 is 14.6 Å². The fourth-order valence-electron chi connectivity index (χ4n) is 1.18. The molecular weight excluding hydrogens is 184 g/mol. The number of imidazole rings is 1. The summed E-state index contributed by atoms with van der Waals surface area (Å²) in [6, 6.07) is 0. The lowest BCUT2D eigenvalue weighted by Crippen LogP contribution is -2.09. The van der Waals surface area contributed by atoms with Crippen LogP contribution in [-0.4, -0.2) is 34.3 Å². The summed E-state index contributed by atoms with van der Waals surface area (Å²) >= 11 is 0. The van der Waals surface area contributed by atoms with Crippen LogP contribution in [0.3, 0.4) is 0 Å². The molecule has 0 unspecified atom stereocenters. The summed E-state index contributed by atoms with van der Waals surface area (Å²) in [5.41, 5.74) is 0. The maximum absolute atomic E-state index is 10.4. The van der Waals surface area contributed by atoms with E-state index in [0.717, 1.165) is 5.82 Å². The lowest BCUT2D eigenvalue weighted by Gasteiger charge is -2.05. The standard InChI is InChI=1S/C9H14N2O3/c1-14-7-6-11-5-4-10-8(11)2-3-9(12)13/h4-5H,2-3,6-7H2,1H3,(H,12,13). The van der Waals surface area contributed by atoms with E-state index in [1.807, 2.05) is 10.8 Å². The maximum Gasteiger partial charge on any atom is 0.303 e. The van der Waals surface area contributed by atoms with Crippen LogP contribution in [-0.2, 0) is 22.5 Å². The van der Waals surface area contributed by atoms with Crippen molar-refractivity contribution in [1.82, 2.24) is 9.55 Å². The highest BCUT2D eigenvalue weighted by molar-refractivity contribution is 5.66. The van der Waals surface area contributed by atoms with Gasteiger partial charge < -0.3 is 14.4 Å². The van der Waals surface area contributed by atoms with Gasteiger partial charge in [-0.1, -0.05) is 0 Å². The van der Waals surface area contributed by atoms with Gasteiger partial charge in [0.15, 0.2) is 0 Å². The monoisotopic (exact) mass is 198 g/mol. The minimum Gasteiger partial charge on any atom is -0.481 e. The molecule has 0 aliphatic heterocycles. The maximum atomic E-state index is 10.4. The van der Waals surface area contributed by atoms with Crippen molar-refractivity contribution in [2.24, 2.45) is 0 Å². The molecule has 0 saturated heterocycles. The van der Waals surface area contributed by atoms with E-state index in [2.05, 4.69) is 4.98 Å². The molecule has 0 radical (unpaired) electrons. The predicted molar refractivity (Wildman–Crippen MR) is 50.1 cm³/mol. The Morgan fingerprint density at radius 2 is 2.50 bits per heavy atom. The third kappa shape index (κ3) is 3.18. The molecule has 0 fully saturated rings. The molecule has 1 rings (SSSR count). The normalized spacial score (nSPS) is 10.4. The Bertz CT molecular complexity index is 296. The van der Waals surface area contributed by atoms with Crippen molar-refractivity contribution in [3.63, 3.8) is 0 Å². The molecule has 1 aromatic heterocycles. The van der Waals surface area contributed by atoms with Crippen LogP contribution in [0.1, 0.15) is 12.2 Å². The quantitative estimate of drug-likeness (QED) is 0.724. The first-order chi connectivity index (χ1) is 6.74. The number of aromatic nitrogens is 2. The summed E-state index contributed by atoms with van der Waals surface area (Å²) in [5, 5.41) is 8.52. The van der Waals surface area contributed by atoms with Gasteiger partial charge in [0.2, 0.25) is 0 Å². The Morgan fingerprint density at radius 1 is 1.71 bits per heavy atom. The first kappa shape index (κ1) is 10.7. The zero-order valence-corrected chi connectivity index (χ0v) is 8.14. The van der Waals surface area contributed by atoms with E-state index in [4.69, 9.17) is 9.84 Å². The number of carboxylic acids is 1. The first-order valence-corrected chi connectivity index (χ1v) is 4.44. The fraction of sp³-hybridized carbons (Fsp3) is 0.556. The van der Waals surface area contributed by atoms with Crippen molar-refractivity contribution in [3.8, 4) is 0 Å². The average molecular weight is 198 g/mol. The molecule has 5 nitrogen and oxygen atoms in total. The van der Waals surface area contributed by atoms with Crippen LogP contribution >= 0.6 is 0 Å². The Morgan fingerprint density at radius 3 is 3.14 bits per heavy atom. The van der Waals surface area contributed by atoms with Gasteiger partial charge in [-0.3, -0.25) is 4.79 Å².